The van der Waals surface area contributed by atoms with Gasteiger partial charge in [-0.25, -0.2) is 4.57 Å². The van der Waals surface area contributed by atoms with Gasteiger partial charge in [0.1, 0.15) is 0 Å². The van der Waals surface area contributed by atoms with Crippen LogP contribution in [0.3, 0.4) is 0 Å². The number of hydrogen-bond acceptors (Lipinski definition) is 3. The molecule has 1 rings (SSSR count). The van der Waals surface area contributed by atoms with E-state index >= 15 is 0 Å². The zero-order valence-electron chi connectivity index (χ0n) is 8.46. The summed E-state index contributed by atoms with van der Waals surface area (Å²) in [4.78, 5) is 17.0. The van der Waals surface area contributed by atoms with Gasteiger partial charge in [-0.15, -0.1) is 0 Å². The lowest BCUT2D eigenvalue weighted by atomic mass is 10.2. The van der Waals surface area contributed by atoms with Gasteiger partial charge in [0.15, 0.2) is 5.56 Å². The third kappa shape index (κ3) is 6.08. The number of rotatable bonds is 4. The van der Waals surface area contributed by atoms with Crippen molar-refractivity contribution in [3.63, 3.8) is 0 Å². The SMILES string of the molecule is O=P(O)(O)OC(Cl)c1ccc(SC(F)(F)F)cc1. The fourth-order valence-electron chi connectivity index (χ4n) is 1.00. The average Bonchev–Trinajstić information content (AvgIpc) is 2.13. The Morgan fingerprint density at radius 2 is 1.78 bits per heavy atom. The topological polar surface area (TPSA) is 66.8 Å². The second-order valence-electron chi connectivity index (χ2n) is 3.03. The minimum atomic E-state index is -4.75. The van der Waals surface area contributed by atoms with Crippen molar-refractivity contribution in [3.8, 4) is 0 Å². The van der Waals surface area contributed by atoms with Crippen LogP contribution in [-0.2, 0) is 9.09 Å². The fourth-order valence-corrected chi connectivity index (χ4v) is 2.36. The zero-order chi connectivity index (χ0) is 14.0. The molecule has 2 N–H and O–H groups in total. The summed E-state index contributed by atoms with van der Waals surface area (Å²) in [6.07, 6.45) is 0. The van der Waals surface area contributed by atoms with E-state index in [1.54, 1.807) is 0 Å². The molecule has 0 aromatic heterocycles. The van der Waals surface area contributed by atoms with Crippen molar-refractivity contribution in [2.24, 2.45) is 0 Å². The molecule has 0 amide bonds. The van der Waals surface area contributed by atoms with E-state index in [2.05, 4.69) is 4.52 Å². The highest BCUT2D eigenvalue weighted by Gasteiger charge is 2.29. The first-order valence-electron chi connectivity index (χ1n) is 4.30. The van der Waals surface area contributed by atoms with Crippen molar-refractivity contribution >= 4 is 31.2 Å². The van der Waals surface area contributed by atoms with Crippen LogP contribution in [0.5, 0.6) is 0 Å². The summed E-state index contributed by atoms with van der Waals surface area (Å²) in [5.41, 5.74) is -5.69. The van der Waals surface area contributed by atoms with Crippen LogP contribution in [0.4, 0.5) is 13.2 Å². The van der Waals surface area contributed by atoms with Crippen LogP contribution in [-0.4, -0.2) is 15.3 Å². The van der Waals surface area contributed by atoms with Gasteiger partial charge >= 0.3 is 13.3 Å². The van der Waals surface area contributed by atoms with Crippen molar-refractivity contribution in [2.45, 2.75) is 16.0 Å². The van der Waals surface area contributed by atoms with Crippen LogP contribution in [0.15, 0.2) is 29.2 Å². The maximum Gasteiger partial charge on any atom is 0.471 e. The third-order valence-electron chi connectivity index (χ3n) is 1.61. The van der Waals surface area contributed by atoms with Crippen molar-refractivity contribution in [3.05, 3.63) is 29.8 Å². The van der Waals surface area contributed by atoms with E-state index in [0.717, 1.165) is 12.1 Å². The van der Waals surface area contributed by atoms with E-state index in [1.165, 1.54) is 12.1 Å². The first-order valence-corrected chi connectivity index (χ1v) is 7.09. The molecule has 4 nitrogen and oxygen atoms in total. The van der Waals surface area contributed by atoms with Gasteiger partial charge in [0.2, 0.25) is 0 Å². The maximum absolute atomic E-state index is 12.0. The summed E-state index contributed by atoms with van der Waals surface area (Å²) in [6.45, 7) is 0. The summed E-state index contributed by atoms with van der Waals surface area (Å²) >= 11 is 5.23. The van der Waals surface area contributed by atoms with E-state index < -0.39 is 18.9 Å². The minimum Gasteiger partial charge on any atom is -0.303 e. The summed E-state index contributed by atoms with van der Waals surface area (Å²) in [5.74, 6) is 0. The van der Waals surface area contributed by atoms with Gasteiger partial charge in [0.05, 0.1) is 0 Å². The van der Waals surface area contributed by atoms with Crippen LogP contribution in [0.1, 0.15) is 11.1 Å². The van der Waals surface area contributed by atoms with Gasteiger partial charge in [-0.1, -0.05) is 23.7 Å². The molecule has 0 spiro atoms. The van der Waals surface area contributed by atoms with E-state index in [0.29, 0.717) is 0 Å². The smallest absolute Gasteiger partial charge is 0.303 e. The van der Waals surface area contributed by atoms with E-state index in [4.69, 9.17) is 21.4 Å². The number of phosphoric acid groups is 1. The molecule has 1 atom stereocenters. The molecule has 0 saturated carbocycles. The van der Waals surface area contributed by atoms with E-state index in [-0.39, 0.29) is 22.2 Å². The summed E-state index contributed by atoms with van der Waals surface area (Å²) < 4.78 is 50.8. The van der Waals surface area contributed by atoms with Crippen LogP contribution in [0, 0.1) is 0 Å². The molecule has 0 aliphatic heterocycles. The van der Waals surface area contributed by atoms with Crippen molar-refractivity contribution in [1.29, 1.82) is 0 Å². The zero-order valence-corrected chi connectivity index (χ0v) is 10.9. The highest BCUT2D eigenvalue weighted by atomic mass is 35.5. The van der Waals surface area contributed by atoms with Crippen molar-refractivity contribution in [1.82, 2.24) is 0 Å². The monoisotopic (exact) mass is 322 g/mol. The molecule has 0 aliphatic rings. The Bertz CT molecular complexity index is 447. The number of hydrogen-bond donors (Lipinski definition) is 2. The Morgan fingerprint density at radius 3 is 2.17 bits per heavy atom. The molecule has 102 valence electrons. The first kappa shape index (κ1) is 15.8. The molecule has 18 heavy (non-hydrogen) atoms. The molecule has 0 aliphatic carbocycles. The molecule has 0 radical (unpaired) electrons. The fraction of sp³-hybridized carbons (Fsp3) is 0.250. The molecule has 1 aromatic rings. The number of benzene rings is 1. The van der Waals surface area contributed by atoms with Gasteiger partial charge in [-0.05, 0) is 29.5 Å². The van der Waals surface area contributed by atoms with Crippen molar-refractivity contribution < 1.29 is 32.0 Å². The standard InChI is InChI=1S/C8H7ClF3O4PS/c9-7(16-17(13,14)15)5-1-3-6(4-2-5)18-8(10,11)12/h1-4,7H,(H2,13,14,15). The van der Waals surface area contributed by atoms with Crippen molar-refractivity contribution in [2.75, 3.05) is 0 Å². The number of thioether (sulfide) groups is 1. The molecule has 1 aromatic carbocycles. The third-order valence-corrected chi connectivity index (χ3v) is 3.30. The Morgan fingerprint density at radius 1 is 1.28 bits per heavy atom. The van der Waals surface area contributed by atoms with E-state index in [1.807, 2.05) is 0 Å². The predicted molar refractivity (Wildman–Crippen MR) is 60.1 cm³/mol. The molecule has 0 heterocycles. The maximum atomic E-state index is 12.0. The summed E-state index contributed by atoms with van der Waals surface area (Å²) in [7, 11) is -4.75. The highest BCUT2D eigenvalue weighted by molar-refractivity contribution is 8.00. The van der Waals surface area contributed by atoms with Gasteiger partial charge in [-0.2, -0.15) is 13.2 Å². The Balaban J connectivity index is 2.74. The minimum absolute atomic E-state index is 0.0636. The number of phosphoric ester groups is 1. The first-order chi connectivity index (χ1) is 8.07. The normalized spacial score (nSPS) is 14.6. The Labute approximate surface area is 109 Å². The Hall–Kier alpha value is -0.240. The van der Waals surface area contributed by atoms with Gasteiger partial charge < -0.3 is 9.79 Å². The van der Waals surface area contributed by atoms with E-state index in [9.17, 15) is 17.7 Å². The van der Waals surface area contributed by atoms with Crippen LogP contribution < -0.4 is 0 Å². The second kappa shape index (κ2) is 5.81. The van der Waals surface area contributed by atoms with Crippen LogP contribution in [0.25, 0.3) is 0 Å². The second-order valence-corrected chi connectivity index (χ2v) is 5.76. The highest BCUT2D eigenvalue weighted by Crippen LogP contribution is 2.44. The Kier molecular flexibility index (Phi) is 5.11. The lowest BCUT2D eigenvalue weighted by Gasteiger charge is -2.12. The average molecular weight is 323 g/mol. The number of halogens is 4. The summed E-state index contributed by atoms with van der Waals surface area (Å²) in [6, 6.07) is 4.65. The van der Waals surface area contributed by atoms with Gasteiger partial charge in [0.25, 0.3) is 0 Å². The molecule has 0 fully saturated rings. The van der Waals surface area contributed by atoms with Gasteiger partial charge in [-0.3, -0.25) is 4.52 Å². The van der Waals surface area contributed by atoms with Gasteiger partial charge in [0, 0.05) is 4.90 Å². The molecule has 1 unspecified atom stereocenters. The molecule has 10 heteroatoms. The molecular formula is C8H7ClF3O4PS. The summed E-state index contributed by atoms with van der Waals surface area (Å²) in [5, 5.41) is 0. The number of alkyl halides is 4. The molecule has 0 bridgehead atoms. The molecular weight excluding hydrogens is 316 g/mol. The largest absolute Gasteiger partial charge is 0.471 e. The quantitative estimate of drug-likeness (QED) is 0.503. The van der Waals surface area contributed by atoms with Crippen LogP contribution >= 0.6 is 31.2 Å². The lowest BCUT2D eigenvalue weighted by Crippen LogP contribution is -1.99. The predicted octanol–water partition coefficient (Wildman–Crippen LogP) is 3.65. The van der Waals surface area contributed by atoms with Crippen LogP contribution in [0.2, 0.25) is 0 Å². The lowest BCUT2D eigenvalue weighted by molar-refractivity contribution is -0.0328. The molecule has 0 saturated heterocycles.